The number of allylic oxidation sites excluding steroid dienone is 3. The standard InChI is InChI=1S/C24H31N2/c1-8-12-21(23(5,6)18(4)26(7)15-9-2)22-16-24(22)20-14-11-10-13-19(20)17(3)25-24/h8-15,22H,1,16H2,2-7H3/q+1/b15-9-,21-12-,26-18+/t22?,24-/m1/s1. The van der Waals surface area contributed by atoms with E-state index in [0.29, 0.717) is 5.92 Å². The smallest absolute Gasteiger partial charge is 0.164 e. The molecule has 1 aliphatic carbocycles. The van der Waals surface area contributed by atoms with Crippen molar-refractivity contribution in [3.05, 3.63) is 72.0 Å². The van der Waals surface area contributed by atoms with E-state index in [4.69, 9.17) is 4.99 Å². The minimum atomic E-state index is -0.0633. The van der Waals surface area contributed by atoms with Gasteiger partial charge < -0.3 is 0 Å². The third-order valence-electron chi connectivity index (χ3n) is 6.28. The summed E-state index contributed by atoms with van der Waals surface area (Å²) in [6.45, 7) is 15.1. The van der Waals surface area contributed by atoms with Gasteiger partial charge in [-0.2, -0.15) is 0 Å². The predicted molar refractivity (Wildman–Crippen MR) is 112 cm³/mol. The second kappa shape index (κ2) is 6.50. The first-order chi connectivity index (χ1) is 12.3. The van der Waals surface area contributed by atoms with E-state index in [0.717, 1.165) is 6.42 Å². The first-order valence-corrected chi connectivity index (χ1v) is 9.48. The summed E-state index contributed by atoms with van der Waals surface area (Å²) in [5.74, 6) is 0.433. The predicted octanol–water partition coefficient (Wildman–Crippen LogP) is 5.50. The molecular weight excluding hydrogens is 316 g/mol. The highest BCUT2D eigenvalue weighted by molar-refractivity contribution is 6.03. The van der Waals surface area contributed by atoms with Crippen LogP contribution in [0.15, 0.2) is 65.8 Å². The molecule has 0 radical (unpaired) electrons. The van der Waals surface area contributed by atoms with E-state index in [1.165, 1.54) is 28.1 Å². The molecule has 1 spiro atoms. The van der Waals surface area contributed by atoms with Gasteiger partial charge in [-0.15, -0.1) is 0 Å². The number of aliphatic imine (C=N–C) groups is 1. The van der Waals surface area contributed by atoms with Crippen molar-refractivity contribution in [2.24, 2.45) is 16.3 Å². The van der Waals surface area contributed by atoms with Crippen LogP contribution in [-0.2, 0) is 5.54 Å². The number of hydrogen-bond donors (Lipinski definition) is 0. The largest absolute Gasteiger partial charge is 0.277 e. The van der Waals surface area contributed by atoms with Crippen LogP contribution in [0, 0.1) is 11.3 Å². The third kappa shape index (κ3) is 2.72. The number of fused-ring (bicyclic) bond motifs is 2. The van der Waals surface area contributed by atoms with E-state index in [1.807, 2.05) is 6.08 Å². The summed E-state index contributed by atoms with van der Waals surface area (Å²) < 4.78 is 2.23. The molecule has 0 aromatic heterocycles. The number of nitrogens with zero attached hydrogens (tertiary/aromatic N) is 2. The minimum Gasteiger partial charge on any atom is -0.277 e. The Balaban J connectivity index is 2.04. The Kier molecular flexibility index (Phi) is 4.64. The van der Waals surface area contributed by atoms with Gasteiger partial charge in [0.2, 0.25) is 0 Å². The highest BCUT2D eigenvalue weighted by Gasteiger charge is 2.62. The lowest BCUT2D eigenvalue weighted by atomic mass is 9.75. The summed E-state index contributed by atoms with van der Waals surface area (Å²) >= 11 is 0. The lowest BCUT2D eigenvalue weighted by Crippen LogP contribution is -2.32. The zero-order valence-electron chi connectivity index (χ0n) is 17.0. The van der Waals surface area contributed by atoms with Gasteiger partial charge in [0.25, 0.3) is 0 Å². The second-order valence-corrected chi connectivity index (χ2v) is 8.09. The molecule has 136 valence electrons. The van der Waals surface area contributed by atoms with E-state index >= 15 is 0 Å². The molecule has 1 heterocycles. The van der Waals surface area contributed by atoms with E-state index < -0.39 is 0 Å². The minimum absolute atomic E-state index is 0.0580. The van der Waals surface area contributed by atoms with Crippen LogP contribution in [-0.4, -0.2) is 23.0 Å². The van der Waals surface area contributed by atoms with Crippen LogP contribution in [0.1, 0.15) is 52.2 Å². The monoisotopic (exact) mass is 347 g/mol. The number of benzene rings is 1. The van der Waals surface area contributed by atoms with E-state index in [1.54, 1.807) is 0 Å². The Morgan fingerprint density at radius 2 is 2.04 bits per heavy atom. The van der Waals surface area contributed by atoms with Crippen LogP contribution in [0.4, 0.5) is 0 Å². The molecule has 1 saturated carbocycles. The van der Waals surface area contributed by atoms with Crippen molar-refractivity contribution in [2.45, 2.75) is 46.6 Å². The van der Waals surface area contributed by atoms with Crippen molar-refractivity contribution >= 4 is 11.4 Å². The van der Waals surface area contributed by atoms with Crippen molar-refractivity contribution in [1.82, 2.24) is 0 Å². The van der Waals surface area contributed by atoms with Gasteiger partial charge in [0.05, 0.1) is 11.0 Å². The van der Waals surface area contributed by atoms with Gasteiger partial charge in [0, 0.05) is 24.1 Å². The molecule has 1 aliphatic heterocycles. The highest BCUT2D eigenvalue weighted by atomic mass is 15.0. The summed E-state index contributed by atoms with van der Waals surface area (Å²) in [5.41, 5.74) is 6.52. The quantitative estimate of drug-likeness (QED) is 0.380. The number of rotatable bonds is 5. The average Bonchev–Trinajstić information content (AvgIpc) is 3.25. The molecule has 2 heteroatoms. The summed E-state index contributed by atoms with van der Waals surface area (Å²) in [6, 6.07) is 8.72. The Morgan fingerprint density at radius 1 is 1.35 bits per heavy atom. The van der Waals surface area contributed by atoms with Crippen LogP contribution in [0.2, 0.25) is 0 Å². The first-order valence-electron chi connectivity index (χ1n) is 9.48. The van der Waals surface area contributed by atoms with Crippen molar-refractivity contribution in [1.29, 1.82) is 0 Å². The molecule has 2 atom stereocenters. The van der Waals surface area contributed by atoms with Crippen molar-refractivity contribution in [2.75, 3.05) is 7.05 Å². The van der Waals surface area contributed by atoms with Gasteiger partial charge >= 0.3 is 0 Å². The van der Waals surface area contributed by atoms with Gasteiger partial charge in [-0.25, -0.2) is 4.58 Å². The normalized spacial score (nSPS) is 26.0. The zero-order chi connectivity index (χ0) is 19.1. The van der Waals surface area contributed by atoms with E-state index in [9.17, 15) is 0 Å². The van der Waals surface area contributed by atoms with E-state index in [2.05, 4.69) is 95.4 Å². The zero-order valence-corrected chi connectivity index (χ0v) is 17.0. The summed E-state index contributed by atoms with van der Waals surface area (Å²) in [7, 11) is 2.12. The first kappa shape index (κ1) is 18.6. The van der Waals surface area contributed by atoms with Crippen molar-refractivity contribution in [3.8, 4) is 0 Å². The molecule has 1 fully saturated rings. The fourth-order valence-electron chi connectivity index (χ4n) is 4.51. The molecule has 0 saturated heterocycles. The molecule has 2 aliphatic rings. The molecule has 26 heavy (non-hydrogen) atoms. The van der Waals surface area contributed by atoms with Gasteiger partial charge in [0.15, 0.2) is 11.9 Å². The summed E-state index contributed by atoms with van der Waals surface area (Å²) in [4.78, 5) is 5.14. The van der Waals surface area contributed by atoms with Crippen LogP contribution in [0.3, 0.4) is 0 Å². The summed E-state index contributed by atoms with van der Waals surface area (Å²) in [6.07, 6.45) is 9.45. The Hall–Kier alpha value is -2.22. The Labute approximate surface area is 158 Å². The number of hydrogen-bond acceptors (Lipinski definition) is 1. The molecule has 1 aromatic carbocycles. The fraction of sp³-hybridized carbons (Fsp3) is 0.417. The maximum absolute atomic E-state index is 5.14. The summed E-state index contributed by atoms with van der Waals surface area (Å²) in [5, 5.41) is 0. The van der Waals surface area contributed by atoms with Gasteiger partial charge in [0.1, 0.15) is 7.05 Å². The highest BCUT2D eigenvalue weighted by Crippen LogP contribution is 2.64. The van der Waals surface area contributed by atoms with Crippen LogP contribution in [0.5, 0.6) is 0 Å². The lowest BCUT2D eigenvalue weighted by molar-refractivity contribution is -0.426. The molecule has 0 amide bonds. The molecule has 2 nitrogen and oxygen atoms in total. The van der Waals surface area contributed by atoms with Gasteiger partial charge in [-0.05, 0) is 51.3 Å². The average molecular weight is 348 g/mol. The Bertz CT molecular complexity index is 864. The molecule has 1 aromatic rings. The fourth-order valence-corrected chi connectivity index (χ4v) is 4.51. The lowest BCUT2D eigenvalue weighted by Gasteiger charge is -2.27. The molecule has 0 N–H and O–H groups in total. The van der Waals surface area contributed by atoms with E-state index in [-0.39, 0.29) is 11.0 Å². The molecule has 3 rings (SSSR count). The maximum Gasteiger partial charge on any atom is 0.164 e. The molecule has 0 bridgehead atoms. The van der Waals surface area contributed by atoms with Gasteiger partial charge in [-0.1, -0.05) is 43.0 Å². The third-order valence-corrected chi connectivity index (χ3v) is 6.28. The van der Waals surface area contributed by atoms with Crippen LogP contribution in [0.25, 0.3) is 0 Å². The Morgan fingerprint density at radius 3 is 2.69 bits per heavy atom. The van der Waals surface area contributed by atoms with Crippen molar-refractivity contribution < 1.29 is 4.58 Å². The topological polar surface area (TPSA) is 15.4 Å². The molecular formula is C24H31N2+. The van der Waals surface area contributed by atoms with Crippen LogP contribution < -0.4 is 0 Å². The maximum atomic E-state index is 5.14. The van der Waals surface area contributed by atoms with Gasteiger partial charge in [-0.3, -0.25) is 4.99 Å². The SMILES string of the molecule is C=C/C=C(/C1C[C@]12N=C(C)c1ccccc12)C(C)(C)/C(C)=[N+](C)/C=C\C. The molecule has 1 unspecified atom stereocenters. The van der Waals surface area contributed by atoms with Crippen molar-refractivity contribution in [3.63, 3.8) is 0 Å². The second-order valence-electron chi connectivity index (χ2n) is 8.09. The van der Waals surface area contributed by atoms with Crippen LogP contribution >= 0.6 is 0 Å².